The third-order valence-corrected chi connectivity index (χ3v) is 8.02. The normalized spacial score (nSPS) is 16.4. The number of halogens is 1. The number of carbonyl (C=O) groups excluding carboxylic acids is 2. The van der Waals surface area contributed by atoms with Crippen molar-refractivity contribution in [2.45, 2.75) is 58.7 Å². The van der Waals surface area contributed by atoms with Crippen LogP contribution < -0.4 is 30.7 Å². The number of methoxy groups -OCH3 is 1. The Hall–Kier alpha value is -3.63. The molecule has 2 atom stereocenters. The minimum Gasteiger partial charge on any atom is -0.492 e. The van der Waals surface area contributed by atoms with Crippen LogP contribution in [0.2, 0.25) is 5.02 Å². The highest BCUT2D eigenvalue weighted by atomic mass is 35.5. The maximum Gasteiger partial charge on any atom is 0.256 e. The van der Waals surface area contributed by atoms with Crippen LogP contribution >= 0.6 is 11.6 Å². The van der Waals surface area contributed by atoms with E-state index in [2.05, 4.69) is 55.7 Å². The predicted octanol–water partition coefficient (Wildman–Crippen LogP) is 5.67. The van der Waals surface area contributed by atoms with Crippen molar-refractivity contribution < 1.29 is 23.8 Å². The van der Waals surface area contributed by atoms with E-state index in [1.807, 2.05) is 36.4 Å². The molecule has 0 aliphatic carbocycles. The molecule has 254 valence electrons. The van der Waals surface area contributed by atoms with Crippen LogP contribution in [0.1, 0.15) is 62.8 Å². The van der Waals surface area contributed by atoms with Gasteiger partial charge >= 0.3 is 0 Å². The second-order valence-electron chi connectivity index (χ2n) is 13.0. The molecule has 0 unspecified atom stereocenters. The van der Waals surface area contributed by atoms with Gasteiger partial charge in [0, 0.05) is 41.5 Å². The standard InChI is InChI=1S/C37H49ClN4O5/c1-37(2,3)25-42-30-17-16-27(38)23-29(30)34(47-32(36(42)44)24-33(43)41-21-18-39)28-14-8-15-31(35(28)45-4)46-22-10-20-40-19-9-13-26-11-6-5-7-12-26/h5-8,11-12,14-17,23,32,34,40H,9-10,13,18-22,24-25,39H2,1-4H3,(H,41,43)/t32-,34-/m0/s1. The molecule has 0 saturated carbocycles. The fourth-order valence-electron chi connectivity index (χ4n) is 5.67. The molecule has 10 heteroatoms. The van der Waals surface area contributed by atoms with E-state index >= 15 is 0 Å². The minimum absolute atomic E-state index is 0.158. The second-order valence-corrected chi connectivity index (χ2v) is 13.4. The summed E-state index contributed by atoms with van der Waals surface area (Å²) in [5.74, 6) is 0.462. The summed E-state index contributed by atoms with van der Waals surface area (Å²) in [5.41, 5.74) is 8.76. The lowest BCUT2D eigenvalue weighted by molar-refractivity contribution is -0.138. The van der Waals surface area contributed by atoms with E-state index in [-0.39, 0.29) is 23.7 Å². The molecule has 0 saturated heterocycles. The lowest BCUT2D eigenvalue weighted by Gasteiger charge is -2.31. The van der Waals surface area contributed by atoms with E-state index in [1.54, 1.807) is 18.1 Å². The van der Waals surface area contributed by atoms with Gasteiger partial charge in [-0.3, -0.25) is 9.59 Å². The van der Waals surface area contributed by atoms with Crippen LogP contribution in [0.25, 0.3) is 0 Å². The van der Waals surface area contributed by atoms with Crippen LogP contribution in [-0.2, 0) is 20.7 Å². The Labute approximate surface area is 284 Å². The number of fused-ring (bicyclic) bond motifs is 1. The Morgan fingerprint density at radius 3 is 2.49 bits per heavy atom. The quantitative estimate of drug-likeness (QED) is 0.169. The molecule has 3 aromatic carbocycles. The lowest BCUT2D eigenvalue weighted by Crippen LogP contribution is -2.45. The summed E-state index contributed by atoms with van der Waals surface area (Å²) in [4.78, 5) is 28.7. The molecule has 47 heavy (non-hydrogen) atoms. The summed E-state index contributed by atoms with van der Waals surface area (Å²) in [5, 5.41) is 6.76. The highest BCUT2D eigenvalue weighted by Gasteiger charge is 2.40. The van der Waals surface area contributed by atoms with E-state index in [1.165, 1.54) is 5.56 Å². The van der Waals surface area contributed by atoms with Crippen molar-refractivity contribution in [1.29, 1.82) is 0 Å². The Morgan fingerprint density at radius 1 is 1.00 bits per heavy atom. The highest BCUT2D eigenvalue weighted by molar-refractivity contribution is 6.30. The molecule has 1 aliphatic rings. The topological polar surface area (TPSA) is 115 Å². The molecule has 1 aliphatic heterocycles. The number of carbonyl (C=O) groups is 2. The van der Waals surface area contributed by atoms with Gasteiger partial charge in [0.05, 0.1) is 20.1 Å². The van der Waals surface area contributed by atoms with Gasteiger partial charge in [-0.2, -0.15) is 0 Å². The zero-order valence-corrected chi connectivity index (χ0v) is 28.8. The van der Waals surface area contributed by atoms with Crippen molar-refractivity contribution in [3.63, 3.8) is 0 Å². The van der Waals surface area contributed by atoms with Gasteiger partial charge < -0.3 is 35.5 Å². The van der Waals surface area contributed by atoms with E-state index in [0.717, 1.165) is 32.4 Å². The van der Waals surface area contributed by atoms with Crippen molar-refractivity contribution in [2.75, 3.05) is 51.3 Å². The lowest BCUT2D eigenvalue weighted by atomic mass is 9.94. The number of hydrogen-bond donors (Lipinski definition) is 3. The Kier molecular flexibility index (Phi) is 13.5. The first kappa shape index (κ1) is 36.2. The van der Waals surface area contributed by atoms with Gasteiger partial charge in [-0.25, -0.2) is 0 Å². The molecule has 0 aromatic heterocycles. The van der Waals surface area contributed by atoms with E-state index in [0.29, 0.717) is 59.6 Å². The Bertz CT molecular complexity index is 1460. The van der Waals surface area contributed by atoms with Gasteiger partial charge in [-0.15, -0.1) is 0 Å². The molecule has 4 N–H and O–H groups in total. The van der Waals surface area contributed by atoms with Crippen LogP contribution in [0.15, 0.2) is 66.7 Å². The average molecular weight is 665 g/mol. The molecule has 0 bridgehead atoms. The number of amides is 2. The number of nitrogens with two attached hydrogens (primary N) is 1. The van der Waals surface area contributed by atoms with Crippen LogP contribution in [0.3, 0.4) is 0 Å². The van der Waals surface area contributed by atoms with Crippen LogP contribution in [0.4, 0.5) is 5.69 Å². The molecule has 1 heterocycles. The third kappa shape index (κ3) is 10.4. The molecule has 0 radical (unpaired) electrons. The van der Waals surface area contributed by atoms with Crippen molar-refractivity contribution in [3.8, 4) is 11.5 Å². The van der Waals surface area contributed by atoms with Crippen molar-refractivity contribution in [3.05, 3.63) is 88.4 Å². The number of aryl methyl sites for hydroxylation is 1. The highest BCUT2D eigenvalue weighted by Crippen LogP contribution is 2.45. The molecular weight excluding hydrogens is 616 g/mol. The first-order valence-corrected chi connectivity index (χ1v) is 16.8. The van der Waals surface area contributed by atoms with Crippen LogP contribution in [0.5, 0.6) is 11.5 Å². The van der Waals surface area contributed by atoms with Gasteiger partial charge in [-0.1, -0.05) is 74.8 Å². The maximum absolute atomic E-state index is 14.1. The minimum atomic E-state index is -1.06. The van der Waals surface area contributed by atoms with E-state index in [9.17, 15) is 9.59 Å². The molecule has 0 spiro atoms. The molecule has 3 aromatic rings. The smallest absolute Gasteiger partial charge is 0.256 e. The number of nitrogens with one attached hydrogen (secondary N) is 2. The molecule has 0 fully saturated rings. The zero-order chi connectivity index (χ0) is 33.8. The van der Waals surface area contributed by atoms with Gasteiger partial charge in [0.1, 0.15) is 12.2 Å². The summed E-state index contributed by atoms with van der Waals surface area (Å²) in [6, 6.07) is 21.6. The summed E-state index contributed by atoms with van der Waals surface area (Å²) >= 11 is 6.55. The third-order valence-electron chi connectivity index (χ3n) is 7.79. The summed E-state index contributed by atoms with van der Waals surface area (Å²) in [6.07, 6.45) is 0.939. The van der Waals surface area contributed by atoms with Crippen molar-refractivity contribution >= 4 is 29.1 Å². The van der Waals surface area contributed by atoms with Crippen LogP contribution in [-0.4, -0.2) is 64.4 Å². The maximum atomic E-state index is 14.1. The number of ether oxygens (including phenoxy) is 3. The SMILES string of the molecule is COc1c(OCCCNCCCc2ccccc2)cccc1[C@@H]1O[C@@H](CC(=O)NCCN)C(=O)N(CC(C)(C)C)c2ccc(Cl)cc21. The van der Waals surface area contributed by atoms with Gasteiger partial charge in [0.15, 0.2) is 11.5 Å². The first-order chi connectivity index (χ1) is 22.6. The number of para-hydroxylation sites is 1. The number of hydrogen-bond acceptors (Lipinski definition) is 7. The van der Waals surface area contributed by atoms with Crippen molar-refractivity contribution in [1.82, 2.24) is 10.6 Å². The Balaban J connectivity index is 1.54. The van der Waals surface area contributed by atoms with Crippen molar-refractivity contribution in [2.24, 2.45) is 11.1 Å². The van der Waals surface area contributed by atoms with Gasteiger partial charge in [0.25, 0.3) is 5.91 Å². The van der Waals surface area contributed by atoms with Crippen LogP contribution in [0, 0.1) is 5.41 Å². The number of rotatable bonds is 16. The van der Waals surface area contributed by atoms with E-state index < -0.39 is 12.2 Å². The summed E-state index contributed by atoms with van der Waals surface area (Å²) in [7, 11) is 1.59. The molecular formula is C37H49ClN4O5. The zero-order valence-electron chi connectivity index (χ0n) is 28.0. The average Bonchev–Trinajstić information content (AvgIpc) is 3.15. The summed E-state index contributed by atoms with van der Waals surface area (Å²) < 4.78 is 18.8. The van der Waals surface area contributed by atoms with E-state index in [4.69, 9.17) is 31.5 Å². The number of nitrogens with zero attached hydrogens (tertiary/aromatic N) is 1. The fraction of sp³-hybridized carbons (Fsp3) is 0.459. The second kappa shape index (κ2) is 17.5. The Morgan fingerprint density at radius 2 is 1.77 bits per heavy atom. The summed E-state index contributed by atoms with van der Waals surface area (Å²) in [6.45, 7) is 9.45. The molecule has 2 amide bonds. The monoisotopic (exact) mass is 664 g/mol. The fourth-order valence-corrected chi connectivity index (χ4v) is 5.85. The number of benzene rings is 3. The molecule has 9 nitrogen and oxygen atoms in total. The number of anilines is 1. The van der Waals surface area contributed by atoms with Gasteiger partial charge in [-0.05, 0) is 67.6 Å². The predicted molar refractivity (Wildman–Crippen MR) is 187 cm³/mol. The first-order valence-electron chi connectivity index (χ1n) is 16.4. The van der Waals surface area contributed by atoms with Gasteiger partial charge in [0.2, 0.25) is 5.91 Å². The largest absolute Gasteiger partial charge is 0.492 e. The molecule has 4 rings (SSSR count).